The number of nitrogens with one attached hydrogen (secondary N) is 1. The van der Waals surface area contributed by atoms with Crippen molar-refractivity contribution in [1.29, 1.82) is 0 Å². The van der Waals surface area contributed by atoms with Crippen LogP contribution in [0.2, 0.25) is 0 Å². The highest BCUT2D eigenvalue weighted by atomic mass is 16.5. The maximum Gasteiger partial charge on any atom is 0.262 e. The number of methoxy groups -OCH3 is 1. The lowest BCUT2D eigenvalue weighted by Gasteiger charge is -2.22. The van der Waals surface area contributed by atoms with Gasteiger partial charge in [0.05, 0.1) is 12.8 Å². The van der Waals surface area contributed by atoms with E-state index in [1.54, 1.807) is 31.4 Å². The zero-order valence-corrected chi connectivity index (χ0v) is 18.3. The SMILES string of the molecule is COc1ccc(-c2ccc(CO)o2)cc1NC(=O)COc1ccc(C2CCCCC2)cc1. The van der Waals surface area contributed by atoms with Gasteiger partial charge in [-0.15, -0.1) is 0 Å². The maximum atomic E-state index is 12.5. The van der Waals surface area contributed by atoms with Gasteiger partial charge in [0.15, 0.2) is 6.61 Å². The van der Waals surface area contributed by atoms with E-state index in [-0.39, 0.29) is 19.1 Å². The van der Waals surface area contributed by atoms with Gasteiger partial charge in [0.2, 0.25) is 0 Å². The normalized spacial score (nSPS) is 14.2. The Labute approximate surface area is 188 Å². The molecule has 2 N–H and O–H groups in total. The van der Waals surface area contributed by atoms with Crippen molar-refractivity contribution in [2.45, 2.75) is 44.6 Å². The number of aliphatic hydroxyl groups excluding tert-OH is 1. The van der Waals surface area contributed by atoms with Gasteiger partial charge >= 0.3 is 0 Å². The zero-order valence-electron chi connectivity index (χ0n) is 18.3. The van der Waals surface area contributed by atoms with E-state index in [0.717, 1.165) is 5.56 Å². The van der Waals surface area contributed by atoms with Crippen LogP contribution < -0.4 is 14.8 Å². The predicted octanol–water partition coefficient (Wildman–Crippen LogP) is 5.51. The van der Waals surface area contributed by atoms with Crippen LogP contribution in [0.25, 0.3) is 11.3 Å². The van der Waals surface area contributed by atoms with E-state index in [1.165, 1.54) is 37.7 Å². The first-order chi connectivity index (χ1) is 15.7. The van der Waals surface area contributed by atoms with Crippen molar-refractivity contribution in [3.8, 4) is 22.8 Å². The van der Waals surface area contributed by atoms with Crippen LogP contribution in [0.5, 0.6) is 11.5 Å². The second kappa shape index (κ2) is 10.4. The fraction of sp³-hybridized carbons (Fsp3) is 0.346. The Morgan fingerprint density at radius 1 is 1.06 bits per heavy atom. The van der Waals surface area contributed by atoms with E-state index in [2.05, 4.69) is 17.4 Å². The Hall–Kier alpha value is -3.25. The van der Waals surface area contributed by atoms with E-state index >= 15 is 0 Å². The van der Waals surface area contributed by atoms with E-state index < -0.39 is 0 Å². The molecule has 2 aromatic carbocycles. The van der Waals surface area contributed by atoms with Crippen molar-refractivity contribution in [2.24, 2.45) is 0 Å². The van der Waals surface area contributed by atoms with Crippen LogP contribution in [0.1, 0.15) is 49.3 Å². The van der Waals surface area contributed by atoms with Crippen LogP contribution in [0.15, 0.2) is 59.0 Å². The van der Waals surface area contributed by atoms with Gasteiger partial charge in [-0.3, -0.25) is 4.79 Å². The number of benzene rings is 2. The molecule has 0 atom stereocenters. The number of rotatable bonds is 8. The molecule has 0 aliphatic heterocycles. The van der Waals surface area contributed by atoms with Crippen LogP contribution >= 0.6 is 0 Å². The molecule has 3 aromatic rings. The molecule has 0 radical (unpaired) electrons. The zero-order chi connectivity index (χ0) is 22.3. The van der Waals surface area contributed by atoms with Crippen LogP contribution in [0.3, 0.4) is 0 Å². The number of amides is 1. The molecular weight excluding hydrogens is 406 g/mol. The molecule has 1 heterocycles. The minimum atomic E-state index is -0.285. The number of aliphatic hydroxyl groups is 1. The number of carbonyl (C=O) groups excluding carboxylic acids is 1. The summed E-state index contributed by atoms with van der Waals surface area (Å²) in [6, 6.07) is 17.0. The first-order valence-electron chi connectivity index (χ1n) is 11.1. The van der Waals surface area contributed by atoms with Crippen molar-refractivity contribution in [3.05, 3.63) is 65.9 Å². The summed E-state index contributed by atoms with van der Waals surface area (Å²) in [4.78, 5) is 12.5. The monoisotopic (exact) mass is 435 g/mol. The van der Waals surface area contributed by atoms with Crippen LogP contribution in [-0.2, 0) is 11.4 Å². The van der Waals surface area contributed by atoms with Crippen molar-refractivity contribution in [2.75, 3.05) is 19.0 Å². The summed E-state index contributed by atoms with van der Waals surface area (Å²) < 4.78 is 16.6. The Kier molecular flexibility index (Phi) is 7.12. The Balaban J connectivity index is 1.37. The number of hydrogen-bond donors (Lipinski definition) is 2. The molecule has 1 aromatic heterocycles. The second-order valence-corrected chi connectivity index (χ2v) is 8.08. The van der Waals surface area contributed by atoms with E-state index in [0.29, 0.717) is 34.6 Å². The summed E-state index contributed by atoms with van der Waals surface area (Å²) in [6.45, 7) is -0.274. The molecule has 1 aliphatic carbocycles. The first-order valence-corrected chi connectivity index (χ1v) is 11.1. The van der Waals surface area contributed by atoms with Gasteiger partial charge in [0.25, 0.3) is 5.91 Å². The molecule has 6 nitrogen and oxygen atoms in total. The van der Waals surface area contributed by atoms with Crippen LogP contribution in [0.4, 0.5) is 5.69 Å². The average Bonchev–Trinajstić information content (AvgIpc) is 3.33. The topological polar surface area (TPSA) is 80.9 Å². The van der Waals surface area contributed by atoms with Crippen molar-refractivity contribution in [1.82, 2.24) is 0 Å². The second-order valence-electron chi connectivity index (χ2n) is 8.08. The number of carbonyl (C=O) groups is 1. The summed E-state index contributed by atoms with van der Waals surface area (Å²) in [5.74, 6) is 2.64. The maximum absolute atomic E-state index is 12.5. The van der Waals surface area contributed by atoms with Crippen LogP contribution in [-0.4, -0.2) is 24.7 Å². The van der Waals surface area contributed by atoms with Crippen molar-refractivity contribution < 1.29 is 23.8 Å². The standard InChI is InChI=1S/C26H29NO5/c1-30-25-13-9-20(24-14-12-22(16-28)32-24)15-23(25)27-26(29)17-31-21-10-7-19(8-11-21)18-5-3-2-4-6-18/h7-15,18,28H,2-6,16-17H2,1H3,(H,27,29). The molecule has 4 rings (SSSR count). The molecule has 1 aliphatic rings. The number of furan rings is 1. The quantitative estimate of drug-likeness (QED) is 0.487. The molecule has 0 bridgehead atoms. The predicted molar refractivity (Wildman–Crippen MR) is 123 cm³/mol. The molecule has 0 unspecified atom stereocenters. The Bertz CT molecular complexity index is 1030. The van der Waals surface area contributed by atoms with Gasteiger partial charge in [-0.1, -0.05) is 31.4 Å². The molecular formula is C26H29NO5. The highest BCUT2D eigenvalue weighted by Gasteiger charge is 2.16. The van der Waals surface area contributed by atoms with Gasteiger partial charge in [0.1, 0.15) is 29.6 Å². The van der Waals surface area contributed by atoms with E-state index in [1.807, 2.05) is 18.2 Å². The smallest absolute Gasteiger partial charge is 0.262 e. The third-order valence-electron chi connectivity index (χ3n) is 5.90. The fourth-order valence-electron chi connectivity index (χ4n) is 4.18. The number of anilines is 1. The third-order valence-corrected chi connectivity index (χ3v) is 5.90. The van der Waals surface area contributed by atoms with Gasteiger partial charge in [-0.2, -0.15) is 0 Å². The van der Waals surface area contributed by atoms with E-state index in [4.69, 9.17) is 13.9 Å². The summed E-state index contributed by atoms with van der Waals surface area (Å²) in [7, 11) is 1.55. The Morgan fingerprint density at radius 2 is 1.84 bits per heavy atom. The molecule has 6 heteroatoms. The average molecular weight is 436 g/mol. The van der Waals surface area contributed by atoms with Gasteiger partial charge in [-0.05, 0) is 66.8 Å². The first kappa shape index (κ1) is 22.0. The largest absolute Gasteiger partial charge is 0.495 e. The van der Waals surface area contributed by atoms with Crippen molar-refractivity contribution in [3.63, 3.8) is 0 Å². The molecule has 1 saturated carbocycles. The van der Waals surface area contributed by atoms with Gasteiger partial charge in [-0.25, -0.2) is 0 Å². The lowest BCUT2D eigenvalue weighted by molar-refractivity contribution is -0.118. The number of hydrogen-bond acceptors (Lipinski definition) is 5. The van der Waals surface area contributed by atoms with Crippen molar-refractivity contribution >= 4 is 11.6 Å². The molecule has 0 spiro atoms. The highest BCUT2D eigenvalue weighted by molar-refractivity contribution is 5.94. The highest BCUT2D eigenvalue weighted by Crippen LogP contribution is 2.34. The Morgan fingerprint density at radius 3 is 2.53 bits per heavy atom. The summed E-state index contributed by atoms with van der Waals surface area (Å²) in [5.41, 5.74) is 2.64. The lowest BCUT2D eigenvalue weighted by atomic mass is 9.84. The molecule has 1 amide bonds. The molecule has 32 heavy (non-hydrogen) atoms. The van der Waals surface area contributed by atoms with Gasteiger partial charge in [0, 0.05) is 5.56 Å². The molecule has 1 fully saturated rings. The lowest BCUT2D eigenvalue weighted by Crippen LogP contribution is -2.20. The summed E-state index contributed by atoms with van der Waals surface area (Å²) in [5, 5.41) is 12.0. The summed E-state index contributed by atoms with van der Waals surface area (Å²) in [6.07, 6.45) is 6.45. The van der Waals surface area contributed by atoms with Gasteiger partial charge < -0.3 is 24.3 Å². The fourth-order valence-corrected chi connectivity index (χ4v) is 4.18. The minimum Gasteiger partial charge on any atom is -0.495 e. The molecule has 168 valence electrons. The van der Waals surface area contributed by atoms with E-state index in [9.17, 15) is 9.90 Å². The molecule has 0 saturated heterocycles. The number of ether oxygens (including phenoxy) is 2. The minimum absolute atomic E-state index is 0.106. The van der Waals surface area contributed by atoms with Crippen LogP contribution in [0, 0.1) is 0 Å². The summed E-state index contributed by atoms with van der Waals surface area (Å²) >= 11 is 0. The third kappa shape index (κ3) is 5.32.